The molecule has 1 heterocycles. The highest BCUT2D eigenvalue weighted by atomic mass is 19.1. The summed E-state index contributed by atoms with van der Waals surface area (Å²) in [7, 11) is 0. The van der Waals surface area contributed by atoms with E-state index < -0.39 is 11.7 Å². The number of nitrogens with one attached hydrogen (secondary N) is 1. The molecule has 0 bridgehead atoms. The number of halogens is 1. The zero-order chi connectivity index (χ0) is 18.5. The average molecular weight is 357 g/mol. The molecule has 0 aromatic heterocycles. The molecule has 0 saturated carbocycles. The zero-order valence-corrected chi connectivity index (χ0v) is 14.2. The number of hydrogen-bond acceptors (Lipinski definition) is 4. The fourth-order valence-corrected chi connectivity index (χ4v) is 2.93. The predicted molar refractivity (Wildman–Crippen MR) is 95.6 cm³/mol. The van der Waals surface area contributed by atoms with Gasteiger partial charge in [0, 0.05) is 31.7 Å². The molecule has 0 spiro atoms. The molecule has 0 aliphatic carbocycles. The van der Waals surface area contributed by atoms with Crippen molar-refractivity contribution in [1.82, 2.24) is 10.2 Å². The predicted octanol–water partition coefficient (Wildman–Crippen LogP) is 1.61. The van der Waals surface area contributed by atoms with E-state index in [1.54, 1.807) is 17.0 Å². The van der Waals surface area contributed by atoms with Gasteiger partial charge >= 0.3 is 0 Å². The first-order valence-corrected chi connectivity index (χ1v) is 8.39. The fraction of sp³-hybridized carbons (Fsp3) is 0.263. The first-order chi connectivity index (χ1) is 12.5. The number of carbonyl (C=O) groups is 2. The average Bonchev–Trinajstić information content (AvgIpc) is 2.66. The van der Waals surface area contributed by atoms with Gasteiger partial charge < -0.3 is 20.2 Å². The van der Waals surface area contributed by atoms with E-state index in [1.165, 1.54) is 18.2 Å². The second-order valence-electron chi connectivity index (χ2n) is 6.05. The number of nitrogens with zero attached hydrogens (tertiary/aromatic N) is 2. The number of anilines is 1. The van der Waals surface area contributed by atoms with E-state index in [2.05, 4.69) is 5.32 Å². The largest absolute Gasteiger partial charge is 0.506 e. The molecule has 1 fully saturated rings. The molecule has 7 heteroatoms. The van der Waals surface area contributed by atoms with Crippen LogP contribution in [0.15, 0.2) is 48.5 Å². The smallest absolute Gasteiger partial charge is 0.251 e. The van der Waals surface area contributed by atoms with Gasteiger partial charge in [-0.3, -0.25) is 9.59 Å². The van der Waals surface area contributed by atoms with E-state index in [1.807, 2.05) is 17.0 Å². The Morgan fingerprint density at radius 2 is 1.77 bits per heavy atom. The molecule has 1 aliphatic heterocycles. The summed E-state index contributed by atoms with van der Waals surface area (Å²) in [6.07, 6.45) is 0. The van der Waals surface area contributed by atoms with Crippen molar-refractivity contribution in [3.05, 3.63) is 59.9 Å². The second kappa shape index (κ2) is 7.86. The van der Waals surface area contributed by atoms with Crippen LogP contribution in [0.25, 0.3) is 0 Å². The molecule has 0 atom stereocenters. The number of benzene rings is 2. The number of carbonyl (C=O) groups excluding carboxylic acids is 2. The van der Waals surface area contributed by atoms with Crippen molar-refractivity contribution in [2.24, 2.45) is 0 Å². The number of hydrogen-bond donors (Lipinski definition) is 2. The van der Waals surface area contributed by atoms with Gasteiger partial charge in [0.2, 0.25) is 5.91 Å². The Morgan fingerprint density at radius 3 is 2.46 bits per heavy atom. The van der Waals surface area contributed by atoms with E-state index in [-0.39, 0.29) is 23.8 Å². The number of para-hydroxylation sites is 2. The summed E-state index contributed by atoms with van der Waals surface area (Å²) in [6.45, 7) is 2.07. The number of phenols is 1. The molecular formula is C19H20FN3O3. The van der Waals surface area contributed by atoms with Crippen molar-refractivity contribution in [2.45, 2.75) is 0 Å². The molecule has 2 N–H and O–H groups in total. The summed E-state index contributed by atoms with van der Waals surface area (Å²) in [5.74, 6) is -0.948. The Balaban J connectivity index is 1.49. The molecule has 0 unspecified atom stereocenters. The molecule has 2 aromatic carbocycles. The molecule has 1 aliphatic rings. The summed E-state index contributed by atoms with van der Waals surface area (Å²) < 4.78 is 13.1. The third-order valence-electron chi connectivity index (χ3n) is 4.34. The highest BCUT2D eigenvalue weighted by Crippen LogP contribution is 2.27. The lowest BCUT2D eigenvalue weighted by Crippen LogP contribution is -2.51. The van der Waals surface area contributed by atoms with Crippen LogP contribution in [0.5, 0.6) is 5.75 Å². The van der Waals surface area contributed by atoms with Crippen LogP contribution in [0, 0.1) is 5.82 Å². The summed E-state index contributed by atoms with van der Waals surface area (Å²) in [4.78, 5) is 27.9. The highest BCUT2D eigenvalue weighted by molar-refractivity contribution is 5.96. The van der Waals surface area contributed by atoms with Gasteiger partial charge in [-0.1, -0.05) is 18.2 Å². The van der Waals surface area contributed by atoms with Crippen LogP contribution in [0.1, 0.15) is 10.4 Å². The van der Waals surface area contributed by atoms with E-state index in [0.29, 0.717) is 26.2 Å². The van der Waals surface area contributed by atoms with E-state index >= 15 is 0 Å². The normalized spacial score (nSPS) is 14.2. The van der Waals surface area contributed by atoms with Crippen molar-refractivity contribution in [3.63, 3.8) is 0 Å². The van der Waals surface area contributed by atoms with Gasteiger partial charge in [-0.05, 0) is 30.3 Å². The first kappa shape index (κ1) is 17.7. The minimum atomic E-state index is -0.496. The second-order valence-corrected chi connectivity index (χ2v) is 6.05. The highest BCUT2D eigenvalue weighted by Gasteiger charge is 2.22. The third kappa shape index (κ3) is 4.11. The van der Waals surface area contributed by atoms with Crippen molar-refractivity contribution in [3.8, 4) is 5.75 Å². The molecule has 6 nitrogen and oxygen atoms in total. The Bertz CT molecular complexity index is 804. The lowest BCUT2D eigenvalue weighted by molar-refractivity contribution is -0.130. The number of rotatable bonds is 4. The van der Waals surface area contributed by atoms with Crippen molar-refractivity contribution < 1.29 is 19.1 Å². The van der Waals surface area contributed by atoms with Gasteiger partial charge in [-0.25, -0.2) is 4.39 Å². The standard InChI is InChI=1S/C19H20FN3O3/c20-15-5-3-4-14(12-15)19(26)21-13-18(25)23-10-8-22(9-11-23)16-6-1-2-7-17(16)24/h1-7,12,24H,8-11,13H2,(H,21,26). The number of amides is 2. The minimum Gasteiger partial charge on any atom is -0.506 e. The summed E-state index contributed by atoms with van der Waals surface area (Å²) in [5, 5.41) is 12.4. The van der Waals surface area contributed by atoms with Crippen molar-refractivity contribution in [1.29, 1.82) is 0 Å². The SMILES string of the molecule is O=C(NCC(=O)N1CCN(c2ccccc2O)CC1)c1cccc(F)c1. The number of phenolic OH excluding ortho intramolecular Hbond substituents is 1. The lowest BCUT2D eigenvalue weighted by atomic mass is 10.2. The molecule has 26 heavy (non-hydrogen) atoms. The molecule has 3 rings (SSSR count). The molecule has 136 valence electrons. The minimum absolute atomic E-state index is 0.133. The fourth-order valence-electron chi connectivity index (χ4n) is 2.93. The van der Waals surface area contributed by atoms with Crippen LogP contribution in [-0.2, 0) is 4.79 Å². The Hall–Kier alpha value is -3.09. The molecule has 0 radical (unpaired) electrons. The maximum Gasteiger partial charge on any atom is 0.251 e. The van der Waals surface area contributed by atoms with Gasteiger partial charge in [-0.2, -0.15) is 0 Å². The summed E-state index contributed by atoms with van der Waals surface area (Å²) in [6, 6.07) is 12.4. The van der Waals surface area contributed by atoms with Crippen LogP contribution in [0.3, 0.4) is 0 Å². The van der Waals surface area contributed by atoms with E-state index in [4.69, 9.17) is 0 Å². The number of piperazine rings is 1. The topological polar surface area (TPSA) is 72.9 Å². The van der Waals surface area contributed by atoms with Crippen molar-refractivity contribution in [2.75, 3.05) is 37.6 Å². The van der Waals surface area contributed by atoms with Gasteiger partial charge in [0.1, 0.15) is 11.6 Å². The van der Waals surface area contributed by atoms with Gasteiger partial charge in [0.15, 0.2) is 0 Å². The van der Waals surface area contributed by atoms with E-state index in [0.717, 1.165) is 11.8 Å². The summed E-state index contributed by atoms with van der Waals surface area (Å²) >= 11 is 0. The quantitative estimate of drug-likeness (QED) is 0.872. The van der Waals surface area contributed by atoms with Crippen LogP contribution >= 0.6 is 0 Å². The monoisotopic (exact) mass is 357 g/mol. The van der Waals surface area contributed by atoms with Crippen LogP contribution in [0.2, 0.25) is 0 Å². The zero-order valence-electron chi connectivity index (χ0n) is 14.2. The number of aromatic hydroxyl groups is 1. The summed E-state index contributed by atoms with van der Waals surface area (Å²) in [5.41, 5.74) is 0.932. The Labute approximate surface area is 150 Å². The molecule has 2 amide bonds. The molecule has 2 aromatic rings. The van der Waals surface area contributed by atoms with Gasteiger partial charge in [0.05, 0.1) is 12.2 Å². The lowest BCUT2D eigenvalue weighted by Gasteiger charge is -2.36. The van der Waals surface area contributed by atoms with Crippen LogP contribution in [0.4, 0.5) is 10.1 Å². The third-order valence-corrected chi connectivity index (χ3v) is 4.34. The maximum absolute atomic E-state index is 13.1. The van der Waals surface area contributed by atoms with Gasteiger partial charge in [-0.15, -0.1) is 0 Å². The Morgan fingerprint density at radius 1 is 1.04 bits per heavy atom. The molecule has 1 saturated heterocycles. The molecular weight excluding hydrogens is 337 g/mol. The first-order valence-electron chi connectivity index (χ1n) is 8.39. The van der Waals surface area contributed by atoms with Crippen molar-refractivity contribution >= 4 is 17.5 Å². The maximum atomic E-state index is 13.1. The van der Waals surface area contributed by atoms with E-state index in [9.17, 15) is 19.1 Å². The van der Waals surface area contributed by atoms with Crippen LogP contribution in [-0.4, -0.2) is 54.5 Å². The van der Waals surface area contributed by atoms with Gasteiger partial charge in [0.25, 0.3) is 5.91 Å². The Kier molecular flexibility index (Phi) is 5.36. The van der Waals surface area contributed by atoms with Crippen LogP contribution < -0.4 is 10.2 Å².